The Bertz CT molecular complexity index is 551. The van der Waals surface area contributed by atoms with E-state index in [1.165, 1.54) is 0 Å². The molecule has 0 saturated carbocycles. The van der Waals surface area contributed by atoms with E-state index in [1.54, 1.807) is 4.68 Å². The lowest BCUT2D eigenvalue weighted by Gasteiger charge is -2.18. The van der Waals surface area contributed by atoms with E-state index in [0.717, 1.165) is 36.3 Å². The molecule has 0 bridgehead atoms. The molecule has 1 N–H and O–H groups in total. The van der Waals surface area contributed by atoms with E-state index < -0.39 is 0 Å². The molecule has 0 aliphatic rings. The number of halogens is 1. The highest BCUT2D eigenvalue weighted by molar-refractivity contribution is 6.30. The van der Waals surface area contributed by atoms with Crippen LogP contribution in [0.25, 0.3) is 0 Å². The van der Waals surface area contributed by atoms with Gasteiger partial charge in [0.2, 0.25) is 0 Å². The molecule has 108 valence electrons. The molecular formula is C15H21ClN4. The van der Waals surface area contributed by atoms with E-state index in [9.17, 15) is 0 Å². The van der Waals surface area contributed by atoms with E-state index >= 15 is 0 Å². The van der Waals surface area contributed by atoms with Crippen LogP contribution in [0.5, 0.6) is 0 Å². The standard InChI is InChI=1S/C15H21ClN4/c1-4-8-17-14(13-7-5-6-9-18-13)10-12-11(2)19-20(3)15(12)16/h5-7,9,14,17H,4,8,10H2,1-3H3. The summed E-state index contributed by atoms with van der Waals surface area (Å²) < 4.78 is 1.72. The number of nitrogens with zero attached hydrogens (tertiary/aromatic N) is 3. The number of pyridine rings is 1. The molecule has 5 heteroatoms. The lowest BCUT2D eigenvalue weighted by atomic mass is 10.0. The molecule has 2 aromatic heterocycles. The topological polar surface area (TPSA) is 42.7 Å². The van der Waals surface area contributed by atoms with Gasteiger partial charge < -0.3 is 5.32 Å². The highest BCUT2D eigenvalue weighted by Crippen LogP contribution is 2.25. The maximum absolute atomic E-state index is 6.33. The second kappa shape index (κ2) is 6.86. The molecule has 0 amide bonds. The van der Waals surface area contributed by atoms with Crippen LogP contribution in [0.1, 0.15) is 36.3 Å². The predicted octanol–water partition coefficient (Wildman–Crippen LogP) is 3.06. The minimum atomic E-state index is 0.163. The molecule has 0 spiro atoms. The predicted molar refractivity (Wildman–Crippen MR) is 81.9 cm³/mol. The summed E-state index contributed by atoms with van der Waals surface area (Å²) in [4.78, 5) is 4.46. The van der Waals surface area contributed by atoms with Crippen LogP contribution in [-0.4, -0.2) is 21.3 Å². The molecule has 2 aromatic rings. The van der Waals surface area contributed by atoms with E-state index in [-0.39, 0.29) is 6.04 Å². The van der Waals surface area contributed by atoms with Crippen molar-refractivity contribution in [1.82, 2.24) is 20.1 Å². The first kappa shape index (κ1) is 15.0. The lowest BCUT2D eigenvalue weighted by Crippen LogP contribution is -2.25. The Kier molecular flexibility index (Phi) is 5.15. The summed E-state index contributed by atoms with van der Waals surface area (Å²) in [5.74, 6) is 0. The summed E-state index contributed by atoms with van der Waals surface area (Å²) in [6, 6.07) is 6.16. The number of aromatic nitrogens is 3. The van der Waals surface area contributed by atoms with Gasteiger partial charge in [0.05, 0.1) is 17.4 Å². The molecule has 2 rings (SSSR count). The van der Waals surface area contributed by atoms with E-state index in [2.05, 4.69) is 22.3 Å². The average molecular weight is 293 g/mol. The van der Waals surface area contributed by atoms with Crippen molar-refractivity contribution in [3.05, 3.63) is 46.5 Å². The quantitative estimate of drug-likeness (QED) is 0.890. The molecule has 4 nitrogen and oxygen atoms in total. The van der Waals surface area contributed by atoms with Gasteiger partial charge in [-0.05, 0) is 38.4 Å². The first-order chi connectivity index (χ1) is 9.63. The Labute approximate surface area is 125 Å². The number of hydrogen-bond donors (Lipinski definition) is 1. The van der Waals surface area contributed by atoms with Gasteiger partial charge in [-0.1, -0.05) is 24.6 Å². The molecule has 0 aliphatic heterocycles. The molecular weight excluding hydrogens is 272 g/mol. The molecule has 0 saturated heterocycles. The van der Waals surface area contributed by atoms with Gasteiger partial charge in [0.25, 0.3) is 0 Å². The highest BCUT2D eigenvalue weighted by Gasteiger charge is 2.18. The van der Waals surface area contributed by atoms with Crippen LogP contribution in [0.2, 0.25) is 5.15 Å². The summed E-state index contributed by atoms with van der Waals surface area (Å²) >= 11 is 6.33. The molecule has 1 unspecified atom stereocenters. The second-order valence-corrected chi connectivity index (χ2v) is 5.30. The molecule has 2 heterocycles. The summed E-state index contributed by atoms with van der Waals surface area (Å²) in [5, 5.41) is 8.62. The van der Waals surface area contributed by atoms with Gasteiger partial charge in [-0.15, -0.1) is 0 Å². The third-order valence-corrected chi connectivity index (χ3v) is 3.84. The van der Waals surface area contributed by atoms with Crippen molar-refractivity contribution >= 4 is 11.6 Å². The Balaban J connectivity index is 2.24. The molecule has 0 radical (unpaired) electrons. The van der Waals surface area contributed by atoms with E-state index in [0.29, 0.717) is 5.15 Å². The monoisotopic (exact) mass is 292 g/mol. The fraction of sp³-hybridized carbons (Fsp3) is 0.467. The van der Waals surface area contributed by atoms with Crippen LogP contribution in [0.15, 0.2) is 24.4 Å². The third-order valence-electron chi connectivity index (χ3n) is 3.36. The van der Waals surface area contributed by atoms with Gasteiger partial charge in [-0.2, -0.15) is 5.10 Å². The first-order valence-electron chi connectivity index (χ1n) is 6.95. The fourth-order valence-electron chi connectivity index (χ4n) is 2.29. The number of hydrogen-bond acceptors (Lipinski definition) is 3. The summed E-state index contributed by atoms with van der Waals surface area (Å²) in [7, 11) is 1.87. The van der Waals surface area contributed by atoms with Gasteiger partial charge in [-0.3, -0.25) is 9.67 Å². The van der Waals surface area contributed by atoms with Gasteiger partial charge in [0.15, 0.2) is 0 Å². The number of nitrogens with one attached hydrogen (secondary N) is 1. The molecule has 0 fully saturated rings. The largest absolute Gasteiger partial charge is 0.308 e. The Morgan fingerprint density at radius 2 is 2.20 bits per heavy atom. The zero-order chi connectivity index (χ0) is 14.5. The van der Waals surface area contributed by atoms with Crippen LogP contribution in [0.3, 0.4) is 0 Å². The highest BCUT2D eigenvalue weighted by atomic mass is 35.5. The zero-order valence-corrected chi connectivity index (χ0v) is 13.0. The van der Waals surface area contributed by atoms with Crippen LogP contribution in [0.4, 0.5) is 0 Å². The number of aryl methyl sites for hydroxylation is 2. The Morgan fingerprint density at radius 3 is 2.75 bits per heavy atom. The summed E-state index contributed by atoms with van der Waals surface area (Å²) in [5.41, 5.74) is 3.12. The van der Waals surface area contributed by atoms with Crippen LogP contribution in [-0.2, 0) is 13.5 Å². The van der Waals surface area contributed by atoms with E-state index in [1.807, 2.05) is 38.4 Å². The normalized spacial score (nSPS) is 12.6. The average Bonchev–Trinajstić information content (AvgIpc) is 2.70. The Hall–Kier alpha value is -1.39. The first-order valence-corrected chi connectivity index (χ1v) is 7.33. The van der Waals surface area contributed by atoms with Crippen molar-refractivity contribution in [1.29, 1.82) is 0 Å². The van der Waals surface area contributed by atoms with Crippen LogP contribution in [0, 0.1) is 6.92 Å². The number of rotatable bonds is 6. The van der Waals surface area contributed by atoms with Crippen LogP contribution >= 0.6 is 11.6 Å². The van der Waals surface area contributed by atoms with Gasteiger partial charge in [-0.25, -0.2) is 0 Å². The zero-order valence-electron chi connectivity index (χ0n) is 12.2. The maximum Gasteiger partial charge on any atom is 0.130 e. The van der Waals surface area contributed by atoms with Gasteiger partial charge >= 0.3 is 0 Å². The fourth-order valence-corrected chi connectivity index (χ4v) is 2.54. The smallest absolute Gasteiger partial charge is 0.130 e. The molecule has 0 aromatic carbocycles. The van der Waals surface area contributed by atoms with Crippen molar-refractivity contribution in [3.63, 3.8) is 0 Å². The Morgan fingerprint density at radius 1 is 1.40 bits per heavy atom. The maximum atomic E-state index is 6.33. The van der Waals surface area contributed by atoms with Crippen LogP contribution < -0.4 is 5.32 Å². The van der Waals surface area contributed by atoms with Gasteiger partial charge in [0.1, 0.15) is 5.15 Å². The van der Waals surface area contributed by atoms with E-state index in [4.69, 9.17) is 11.6 Å². The molecule has 1 atom stereocenters. The molecule has 20 heavy (non-hydrogen) atoms. The lowest BCUT2D eigenvalue weighted by molar-refractivity contribution is 0.517. The molecule has 0 aliphatic carbocycles. The SMILES string of the molecule is CCCNC(Cc1c(C)nn(C)c1Cl)c1ccccn1. The van der Waals surface area contributed by atoms with Crippen molar-refractivity contribution < 1.29 is 0 Å². The van der Waals surface area contributed by atoms with Crippen molar-refractivity contribution in [2.45, 2.75) is 32.7 Å². The van der Waals surface area contributed by atoms with Crippen molar-refractivity contribution in [3.8, 4) is 0 Å². The van der Waals surface area contributed by atoms with Gasteiger partial charge in [0, 0.05) is 18.8 Å². The summed E-state index contributed by atoms with van der Waals surface area (Å²) in [6.45, 7) is 5.11. The van der Waals surface area contributed by atoms with Crippen molar-refractivity contribution in [2.75, 3.05) is 6.54 Å². The minimum Gasteiger partial charge on any atom is -0.308 e. The minimum absolute atomic E-state index is 0.163. The third kappa shape index (κ3) is 3.38. The second-order valence-electron chi connectivity index (χ2n) is 4.94. The van der Waals surface area contributed by atoms with Crippen molar-refractivity contribution in [2.24, 2.45) is 7.05 Å². The summed E-state index contributed by atoms with van der Waals surface area (Å²) in [6.07, 6.45) is 3.71.